The highest BCUT2D eigenvalue weighted by Gasteiger charge is 2.24. The number of hydrogen-bond acceptors (Lipinski definition) is 3. The van der Waals surface area contributed by atoms with Gasteiger partial charge in [0.15, 0.2) is 0 Å². The number of nitrogens with zero attached hydrogens (tertiary/aromatic N) is 2. The Balaban J connectivity index is 1.30. The van der Waals surface area contributed by atoms with Crippen LogP contribution in [-0.4, -0.2) is 28.9 Å². The zero-order valence-electron chi connectivity index (χ0n) is 14.6. The van der Waals surface area contributed by atoms with Crippen LogP contribution in [0, 0.1) is 5.92 Å². The summed E-state index contributed by atoms with van der Waals surface area (Å²) in [5, 5.41) is 3.34. The summed E-state index contributed by atoms with van der Waals surface area (Å²) < 4.78 is 0. The first-order chi connectivity index (χ1) is 12.3. The summed E-state index contributed by atoms with van der Waals surface area (Å²) in [5.41, 5.74) is 4.76. The molecule has 2 aliphatic heterocycles. The number of likely N-dealkylation sites (tertiary alicyclic amines) is 1. The Morgan fingerprint density at radius 2 is 2.00 bits per heavy atom. The molecule has 1 saturated heterocycles. The van der Waals surface area contributed by atoms with Gasteiger partial charge in [0, 0.05) is 44.1 Å². The number of rotatable bonds is 4. The SMILES string of the molecule is O=C(c1ccc2c(c1)CNC2)N1CCC(CCc2cccnc2)CC1. The molecule has 4 rings (SSSR count). The van der Waals surface area contributed by atoms with Gasteiger partial charge in [0.2, 0.25) is 0 Å². The molecule has 25 heavy (non-hydrogen) atoms. The predicted octanol–water partition coefficient (Wildman–Crippen LogP) is 3.17. The van der Waals surface area contributed by atoms with Crippen LogP contribution in [0.15, 0.2) is 42.7 Å². The van der Waals surface area contributed by atoms with E-state index < -0.39 is 0 Å². The zero-order valence-corrected chi connectivity index (χ0v) is 14.6. The molecule has 2 aromatic rings. The van der Waals surface area contributed by atoms with Gasteiger partial charge in [0.05, 0.1) is 0 Å². The van der Waals surface area contributed by atoms with Gasteiger partial charge in [-0.15, -0.1) is 0 Å². The van der Waals surface area contributed by atoms with Gasteiger partial charge in [-0.05, 0) is 66.5 Å². The summed E-state index contributed by atoms with van der Waals surface area (Å²) in [6, 6.07) is 10.3. The van der Waals surface area contributed by atoms with Gasteiger partial charge < -0.3 is 10.2 Å². The molecule has 1 N–H and O–H groups in total. The molecule has 1 amide bonds. The highest BCUT2D eigenvalue weighted by molar-refractivity contribution is 5.94. The van der Waals surface area contributed by atoms with Crippen molar-refractivity contribution in [3.05, 3.63) is 65.0 Å². The number of nitrogens with one attached hydrogen (secondary N) is 1. The van der Waals surface area contributed by atoms with Crippen molar-refractivity contribution >= 4 is 5.91 Å². The maximum atomic E-state index is 12.8. The maximum absolute atomic E-state index is 12.8. The number of pyridine rings is 1. The Morgan fingerprint density at radius 3 is 2.80 bits per heavy atom. The molecule has 0 saturated carbocycles. The lowest BCUT2D eigenvalue weighted by atomic mass is 9.90. The van der Waals surface area contributed by atoms with Crippen molar-refractivity contribution in [2.45, 2.75) is 38.8 Å². The van der Waals surface area contributed by atoms with Crippen molar-refractivity contribution in [3.8, 4) is 0 Å². The summed E-state index contributed by atoms with van der Waals surface area (Å²) in [4.78, 5) is 19.0. The average Bonchev–Trinajstić information content (AvgIpc) is 3.15. The van der Waals surface area contributed by atoms with Crippen molar-refractivity contribution in [2.75, 3.05) is 13.1 Å². The Kier molecular flexibility index (Phi) is 4.79. The van der Waals surface area contributed by atoms with Crippen molar-refractivity contribution in [2.24, 2.45) is 5.92 Å². The Bertz CT molecular complexity index is 736. The molecule has 0 spiro atoms. The standard InChI is InChI=1S/C21H25N3O/c25-21(18-5-6-19-14-23-15-20(19)12-18)24-10-7-16(8-11-24)3-4-17-2-1-9-22-13-17/h1-2,5-6,9,12-13,16,23H,3-4,7-8,10-11,14-15H2. The lowest BCUT2D eigenvalue weighted by molar-refractivity contribution is 0.0687. The lowest BCUT2D eigenvalue weighted by Gasteiger charge is -2.32. The second kappa shape index (κ2) is 7.36. The molecule has 3 heterocycles. The van der Waals surface area contributed by atoms with E-state index in [4.69, 9.17) is 0 Å². The van der Waals surface area contributed by atoms with Gasteiger partial charge in [-0.3, -0.25) is 9.78 Å². The van der Waals surface area contributed by atoms with Crippen molar-refractivity contribution < 1.29 is 4.79 Å². The summed E-state index contributed by atoms with van der Waals surface area (Å²) in [6.07, 6.45) is 8.28. The monoisotopic (exact) mass is 335 g/mol. The van der Waals surface area contributed by atoms with E-state index in [9.17, 15) is 4.79 Å². The normalized spacial score (nSPS) is 17.5. The second-order valence-corrected chi connectivity index (χ2v) is 7.22. The summed E-state index contributed by atoms with van der Waals surface area (Å²) in [6.45, 7) is 3.57. The molecule has 0 bridgehead atoms. The first kappa shape index (κ1) is 16.3. The molecule has 0 atom stereocenters. The van der Waals surface area contributed by atoms with E-state index in [0.717, 1.165) is 51.0 Å². The molecule has 0 aliphatic carbocycles. The quantitative estimate of drug-likeness (QED) is 0.933. The molecule has 1 aromatic heterocycles. The van der Waals surface area contributed by atoms with Crippen molar-refractivity contribution in [1.29, 1.82) is 0 Å². The molecule has 4 heteroatoms. The van der Waals surface area contributed by atoms with Gasteiger partial charge in [-0.25, -0.2) is 0 Å². The number of aromatic nitrogens is 1. The van der Waals surface area contributed by atoms with E-state index >= 15 is 0 Å². The van der Waals surface area contributed by atoms with Crippen LogP contribution < -0.4 is 5.32 Å². The van der Waals surface area contributed by atoms with Gasteiger partial charge in [-0.1, -0.05) is 12.1 Å². The minimum atomic E-state index is 0.195. The molecule has 1 aromatic carbocycles. The van der Waals surface area contributed by atoms with Gasteiger partial charge >= 0.3 is 0 Å². The largest absolute Gasteiger partial charge is 0.339 e. The molecule has 130 valence electrons. The second-order valence-electron chi connectivity index (χ2n) is 7.22. The molecule has 1 fully saturated rings. The molecule has 2 aliphatic rings. The van der Waals surface area contributed by atoms with Crippen LogP contribution in [0.4, 0.5) is 0 Å². The minimum absolute atomic E-state index is 0.195. The van der Waals surface area contributed by atoms with E-state index in [2.05, 4.69) is 28.5 Å². The number of benzene rings is 1. The first-order valence-electron chi connectivity index (χ1n) is 9.30. The highest BCUT2D eigenvalue weighted by Crippen LogP contribution is 2.24. The van der Waals surface area contributed by atoms with Gasteiger partial charge in [0.1, 0.15) is 0 Å². The smallest absolute Gasteiger partial charge is 0.253 e. The third-order valence-corrected chi connectivity index (χ3v) is 5.55. The van der Waals surface area contributed by atoms with E-state index in [-0.39, 0.29) is 5.91 Å². The van der Waals surface area contributed by atoms with Crippen molar-refractivity contribution in [3.63, 3.8) is 0 Å². The number of fused-ring (bicyclic) bond motifs is 1. The van der Waals surface area contributed by atoms with E-state index in [1.54, 1.807) is 0 Å². The topological polar surface area (TPSA) is 45.2 Å². The summed E-state index contributed by atoms with van der Waals surface area (Å²) in [5.74, 6) is 0.911. The van der Waals surface area contributed by atoms with Crippen LogP contribution in [0.1, 0.15) is 46.3 Å². The van der Waals surface area contributed by atoms with Crippen LogP contribution in [0.2, 0.25) is 0 Å². The van der Waals surface area contributed by atoms with Crippen molar-refractivity contribution in [1.82, 2.24) is 15.2 Å². The average molecular weight is 335 g/mol. The number of amides is 1. The number of piperidine rings is 1. The third kappa shape index (κ3) is 3.74. The fraction of sp³-hybridized carbons (Fsp3) is 0.429. The Morgan fingerprint density at radius 1 is 1.16 bits per heavy atom. The van der Waals surface area contributed by atoms with Crippen LogP contribution in [-0.2, 0) is 19.5 Å². The van der Waals surface area contributed by atoms with Gasteiger partial charge in [-0.2, -0.15) is 0 Å². The summed E-state index contributed by atoms with van der Waals surface area (Å²) >= 11 is 0. The molecular weight excluding hydrogens is 310 g/mol. The van der Waals surface area contributed by atoms with Crippen LogP contribution in [0.25, 0.3) is 0 Å². The van der Waals surface area contributed by atoms with E-state index in [1.807, 2.05) is 29.4 Å². The predicted molar refractivity (Wildman–Crippen MR) is 98.2 cm³/mol. The maximum Gasteiger partial charge on any atom is 0.253 e. The highest BCUT2D eigenvalue weighted by atomic mass is 16.2. The number of carbonyl (C=O) groups excluding carboxylic acids is 1. The molecular formula is C21H25N3O. The molecule has 0 radical (unpaired) electrons. The third-order valence-electron chi connectivity index (χ3n) is 5.55. The van der Waals surface area contributed by atoms with Gasteiger partial charge in [0.25, 0.3) is 5.91 Å². The fourth-order valence-electron chi connectivity index (χ4n) is 3.95. The number of hydrogen-bond donors (Lipinski definition) is 1. The molecule has 0 unspecified atom stereocenters. The molecule has 4 nitrogen and oxygen atoms in total. The van der Waals surface area contributed by atoms with Crippen LogP contribution >= 0.6 is 0 Å². The van der Waals surface area contributed by atoms with E-state index in [0.29, 0.717) is 5.92 Å². The summed E-state index contributed by atoms with van der Waals surface area (Å²) in [7, 11) is 0. The fourth-order valence-corrected chi connectivity index (χ4v) is 3.95. The Hall–Kier alpha value is -2.20. The lowest BCUT2D eigenvalue weighted by Crippen LogP contribution is -2.38. The minimum Gasteiger partial charge on any atom is -0.339 e. The number of aryl methyl sites for hydroxylation is 1. The van der Waals surface area contributed by atoms with Crippen LogP contribution in [0.3, 0.4) is 0 Å². The van der Waals surface area contributed by atoms with E-state index in [1.165, 1.54) is 23.1 Å². The number of carbonyl (C=O) groups is 1. The van der Waals surface area contributed by atoms with Crippen LogP contribution in [0.5, 0.6) is 0 Å². The Labute approximate surface area is 149 Å². The first-order valence-corrected chi connectivity index (χ1v) is 9.30. The zero-order chi connectivity index (χ0) is 17.1.